The maximum absolute atomic E-state index is 3.47. The summed E-state index contributed by atoms with van der Waals surface area (Å²) in [6, 6.07) is 9.73. The lowest BCUT2D eigenvalue weighted by Gasteiger charge is -2.35. The monoisotopic (exact) mass is 269 g/mol. The Balaban J connectivity index is 1.64. The van der Waals surface area contributed by atoms with Gasteiger partial charge in [-0.3, -0.25) is 4.90 Å². The van der Waals surface area contributed by atoms with E-state index in [9.17, 15) is 0 Å². The fourth-order valence-electron chi connectivity index (χ4n) is 3.43. The van der Waals surface area contributed by atoms with Gasteiger partial charge in [0.2, 0.25) is 0 Å². The Morgan fingerprint density at radius 2 is 2.00 bits per heavy atom. The number of aromatic amines is 1. The highest BCUT2D eigenvalue weighted by atomic mass is 15.2. The van der Waals surface area contributed by atoms with E-state index >= 15 is 0 Å². The number of fused-ring (bicyclic) bond motifs is 1. The van der Waals surface area contributed by atoms with Crippen molar-refractivity contribution in [1.29, 1.82) is 0 Å². The molecule has 106 valence electrons. The average molecular weight is 269 g/mol. The third kappa shape index (κ3) is 2.48. The first kappa shape index (κ1) is 12.4. The number of piperazine rings is 1. The van der Waals surface area contributed by atoms with Crippen LogP contribution in [0.2, 0.25) is 0 Å². The quantitative estimate of drug-likeness (QED) is 0.894. The Labute approximate surface area is 120 Å². The van der Waals surface area contributed by atoms with Gasteiger partial charge in [-0.1, -0.05) is 25.0 Å². The Morgan fingerprint density at radius 3 is 2.80 bits per heavy atom. The van der Waals surface area contributed by atoms with Gasteiger partial charge in [0, 0.05) is 43.9 Å². The lowest BCUT2D eigenvalue weighted by molar-refractivity contribution is 0.160. The van der Waals surface area contributed by atoms with Gasteiger partial charge in [0.15, 0.2) is 0 Å². The molecule has 0 bridgehead atoms. The van der Waals surface area contributed by atoms with E-state index in [1.165, 1.54) is 48.8 Å². The number of nitrogens with one attached hydrogen (secondary N) is 2. The molecule has 2 aliphatic rings. The largest absolute Gasteiger partial charge is 0.361 e. The molecule has 3 heteroatoms. The highest BCUT2D eigenvalue weighted by molar-refractivity contribution is 5.79. The highest BCUT2D eigenvalue weighted by Gasteiger charge is 2.30. The third-order valence-electron chi connectivity index (χ3n) is 4.81. The molecule has 2 aromatic rings. The van der Waals surface area contributed by atoms with Crippen LogP contribution in [-0.4, -0.2) is 36.1 Å². The predicted molar refractivity (Wildman–Crippen MR) is 82.8 cm³/mol. The van der Waals surface area contributed by atoms with Gasteiger partial charge in [-0.05, 0) is 35.4 Å². The van der Waals surface area contributed by atoms with Crippen molar-refractivity contribution in [2.45, 2.75) is 25.3 Å². The molecule has 1 saturated heterocycles. The third-order valence-corrected chi connectivity index (χ3v) is 4.81. The second kappa shape index (κ2) is 5.23. The van der Waals surface area contributed by atoms with Crippen LogP contribution in [0.25, 0.3) is 10.9 Å². The molecule has 2 heterocycles. The van der Waals surface area contributed by atoms with E-state index < -0.39 is 0 Å². The number of hydrogen-bond donors (Lipinski definition) is 2. The SMILES string of the molecule is c1cc2ccc([C@H](CC3CC3)N3CCNCC3)cc2[nH]1. The van der Waals surface area contributed by atoms with Gasteiger partial charge < -0.3 is 10.3 Å². The van der Waals surface area contributed by atoms with Crippen molar-refractivity contribution >= 4 is 10.9 Å². The lowest BCUT2D eigenvalue weighted by Crippen LogP contribution is -2.45. The summed E-state index contributed by atoms with van der Waals surface area (Å²) in [4.78, 5) is 6.04. The minimum absolute atomic E-state index is 0.609. The fraction of sp³-hybridized carbons (Fsp3) is 0.529. The highest BCUT2D eigenvalue weighted by Crippen LogP contribution is 2.40. The summed E-state index contributed by atoms with van der Waals surface area (Å²) in [5.74, 6) is 0.967. The van der Waals surface area contributed by atoms with Crippen LogP contribution < -0.4 is 5.32 Å². The molecule has 0 radical (unpaired) electrons. The van der Waals surface area contributed by atoms with Crippen LogP contribution in [-0.2, 0) is 0 Å². The van der Waals surface area contributed by atoms with Crippen molar-refractivity contribution in [3.05, 3.63) is 36.0 Å². The van der Waals surface area contributed by atoms with Gasteiger partial charge in [0.05, 0.1) is 0 Å². The maximum Gasteiger partial charge on any atom is 0.0457 e. The lowest BCUT2D eigenvalue weighted by atomic mass is 9.98. The Bertz CT molecular complexity index is 579. The van der Waals surface area contributed by atoms with Gasteiger partial charge >= 0.3 is 0 Å². The van der Waals surface area contributed by atoms with Crippen molar-refractivity contribution in [2.75, 3.05) is 26.2 Å². The van der Waals surface area contributed by atoms with Crippen molar-refractivity contribution in [1.82, 2.24) is 15.2 Å². The van der Waals surface area contributed by atoms with E-state index in [0.29, 0.717) is 6.04 Å². The number of benzene rings is 1. The summed E-state index contributed by atoms with van der Waals surface area (Å²) in [5.41, 5.74) is 2.77. The van der Waals surface area contributed by atoms with Gasteiger partial charge in [-0.15, -0.1) is 0 Å². The molecule has 1 aromatic heterocycles. The summed E-state index contributed by atoms with van der Waals surface area (Å²) in [6.45, 7) is 4.62. The molecular weight excluding hydrogens is 246 g/mol. The topological polar surface area (TPSA) is 31.1 Å². The second-order valence-electron chi connectivity index (χ2n) is 6.31. The molecule has 1 saturated carbocycles. The van der Waals surface area contributed by atoms with E-state index in [0.717, 1.165) is 19.0 Å². The zero-order chi connectivity index (χ0) is 13.4. The number of aromatic nitrogens is 1. The molecule has 2 N–H and O–H groups in total. The minimum atomic E-state index is 0.609. The first-order valence-corrected chi connectivity index (χ1v) is 7.92. The minimum Gasteiger partial charge on any atom is -0.361 e. The van der Waals surface area contributed by atoms with Crippen LogP contribution in [0.5, 0.6) is 0 Å². The number of hydrogen-bond acceptors (Lipinski definition) is 2. The van der Waals surface area contributed by atoms with E-state index in [2.05, 4.69) is 39.5 Å². The summed E-state index contributed by atoms with van der Waals surface area (Å²) < 4.78 is 0. The molecule has 0 unspecified atom stereocenters. The normalized spacial score (nSPS) is 22.2. The predicted octanol–water partition coefficient (Wildman–Crippen LogP) is 2.91. The first-order valence-electron chi connectivity index (χ1n) is 7.92. The molecule has 4 rings (SSSR count). The molecule has 2 fully saturated rings. The molecule has 0 amide bonds. The van der Waals surface area contributed by atoms with E-state index in [-0.39, 0.29) is 0 Å². The van der Waals surface area contributed by atoms with E-state index in [4.69, 9.17) is 0 Å². The molecule has 20 heavy (non-hydrogen) atoms. The molecular formula is C17H23N3. The molecule has 0 spiro atoms. The average Bonchev–Trinajstić information content (AvgIpc) is 3.20. The number of H-pyrrole nitrogens is 1. The molecule has 1 aliphatic heterocycles. The van der Waals surface area contributed by atoms with E-state index in [1.54, 1.807) is 0 Å². The van der Waals surface area contributed by atoms with Gasteiger partial charge in [-0.2, -0.15) is 0 Å². The summed E-state index contributed by atoms with van der Waals surface area (Å²) in [5, 5.41) is 4.79. The second-order valence-corrected chi connectivity index (χ2v) is 6.31. The fourth-order valence-corrected chi connectivity index (χ4v) is 3.43. The van der Waals surface area contributed by atoms with Crippen LogP contribution in [0.1, 0.15) is 30.9 Å². The molecule has 3 nitrogen and oxygen atoms in total. The Morgan fingerprint density at radius 1 is 1.15 bits per heavy atom. The Hall–Kier alpha value is -1.32. The van der Waals surface area contributed by atoms with Crippen molar-refractivity contribution in [3.63, 3.8) is 0 Å². The number of nitrogens with zero attached hydrogens (tertiary/aromatic N) is 1. The van der Waals surface area contributed by atoms with Gasteiger partial charge in [0.1, 0.15) is 0 Å². The van der Waals surface area contributed by atoms with Crippen LogP contribution in [0.4, 0.5) is 0 Å². The first-order chi connectivity index (χ1) is 9.90. The molecule has 1 atom stereocenters. The summed E-state index contributed by atoms with van der Waals surface area (Å²) in [7, 11) is 0. The van der Waals surface area contributed by atoms with Crippen molar-refractivity contribution in [3.8, 4) is 0 Å². The summed E-state index contributed by atoms with van der Waals surface area (Å²) >= 11 is 0. The number of rotatable bonds is 4. The molecule has 1 aliphatic carbocycles. The van der Waals surface area contributed by atoms with Crippen LogP contribution >= 0.6 is 0 Å². The zero-order valence-electron chi connectivity index (χ0n) is 11.9. The van der Waals surface area contributed by atoms with E-state index in [1.807, 2.05) is 6.20 Å². The van der Waals surface area contributed by atoms with Gasteiger partial charge in [-0.25, -0.2) is 0 Å². The van der Waals surface area contributed by atoms with Crippen LogP contribution in [0.3, 0.4) is 0 Å². The van der Waals surface area contributed by atoms with Gasteiger partial charge in [0.25, 0.3) is 0 Å². The van der Waals surface area contributed by atoms with Crippen LogP contribution in [0.15, 0.2) is 30.5 Å². The maximum atomic E-state index is 3.47. The molecule has 1 aromatic carbocycles. The smallest absolute Gasteiger partial charge is 0.0457 e. The van der Waals surface area contributed by atoms with Crippen LogP contribution in [0, 0.1) is 5.92 Å². The Kier molecular flexibility index (Phi) is 3.25. The van der Waals surface area contributed by atoms with Crippen molar-refractivity contribution in [2.24, 2.45) is 5.92 Å². The summed E-state index contributed by atoms with van der Waals surface area (Å²) in [6.07, 6.45) is 6.25. The zero-order valence-corrected chi connectivity index (χ0v) is 11.9. The van der Waals surface area contributed by atoms with Crippen molar-refractivity contribution < 1.29 is 0 Å². The standard InChI is InChI=1S/C17H23N3/c1-2-13(1)11-17(20-9-7-18-8-10-20)15-4-3-14-5-6-19-16(14)12-15/h3-6,12-13,17-19H,1-2,7-11H2/t17-/m0/s1.